The van der Waals surface area contributed by atoms with Crippen molar-refractivity contribution in [3.8, 4) is 0 Å². The number of ether oxygens (including phenoxy) is 1. The smallest absolute Gasteiger partial charge is 0.325 e. The number of aryl methyl sites for hydroxylation is 1. The molecule has 0 aromatic carbocycles. The van der Waals surface area contributed by atoms with Gasteiger partial charge in [0.05, 0.1) is 6.10 Å². The predicted molar refractivity (Wildman–Crippen MR) is 73.3 cm³/mol. The maximum atomic E-state index is 12.0. The van der Waals surface area contributed by atoms with Gasteiger partial charge in [-0.05, 0) is 27.2 Å². The molecule has 9 heteroatoms. The van der Waals surface area contributed by atoms with Crippen LogP contribution in [0.25, 0.3) is 0 Å². The van der Waals surface area contributed by atoms with Gasteiger partial charge in [-0.1, -0.05) is 0 Å². The second-order valence-electron chi connectivity index (χ2n) is 4.53. The van der Waals surface area contributed by atoms with Gasteiger partial charge in [0.15, 0.2) is 4.90 Å². The highest BCUT2D eigenvalue weighted by Gasteiger charge is 2.21. The molecule has 0 aliphatic heterocycles. The molecule has 114 valence electrons. The molecule has 3 N–H and O–H groups in total. The summed E-state index contributed by atoms with van der Waals surface area (Å²) in [6, 6.07) is 0. The van der Waals surface area contributed by atoms with Crippen LogP contribution in [0.15, 0.2) is 14.5 Å². The fourth-order valence-electron chi connectivity index (χ4n) is 1.58. The summed E-state index contributed by atoms with van der Waals surface area (Å²) in [5, 5.41) is 0. The quantitative estimate of drug-likeness (QED) is 0.584. The summed E-state index contributed by atoms with van der Waals surface area (Å²) in [5.41, 5.74) is -1.67. The van der Waals surface area contributed by atoms with E-state index in [1.807, 2.05) is 18.8 Å². The third-order valence-electron chi connectivity index (χ3n) is 2.41. The summed E-state index contributed by atoms with van der Waals surface area (Å²) in [5.74, 6) is 0. The molecule has 0 saturated carbocycles. The molecule has 8 nitrogen and oxygen atoms in total. The van der Waals surface area contributed by atoms with Crippen molar-refractivity contribution in [2.75, 3.05) is 13.2 Å². The zero-order valence-electron chi connectivity index (χ0n) is 11.6. The number of sulfonamides is 1. The van der Waals surface area contributed by atoms with Gasteiger partial charge in [-0.15, -0.1) is 0 Å². The van der Waals surface area contributed by atoms with Crippen LogP contribution < -0.4 is 16.0 Å². The van der Waals surface area contributed by atoms with Crippen molar-refractivity contribution in [1.29, 1.82) is 0 Å². The van der Waals surface area contributed by atoms with Gasteiger partial charge >= 0.3 is 5.69 Å². The molecule has 0 saturated heterocycles. The van der Waals surface area contributed by atoms with E-state index in [0.717, 1.165) is 0 Å². The summed E-state index contributed by atoms with van der Waals surface area (Å²) >= 11 is 0. The van der Waals surface area contributed by atoms with Crippen molar-refractivity contribution >= 4 is 10.0 Å². The summed E-state index contributed by atoms with van der Waals surface area (Å²) < 4.78 is 31.6. The average molecular weight is 305 g/mol. The van der Waals surface area contributed by atoms with E-state index in [4.69, 9.17) is 4.74 Å². The monoisotopic (exact) mass is 305 g/mol. The number of aromatic nitrogens is 2. The fraction of sp³-hybridized carbons (Fsp3) is 0.636. The van der Waals surface area contributed by atoms with Gasteiger partial charge in [0, 0.05) is 18.8 Å². The largest absolute Gasteiger partial charge is 0.379 e. The molecule has 0 unspecified atom stereocenters. The van der Waals surface area contributed by atoms with E-state index in [9.17, 15) is 18.0 Å². The van der Waals surface area contributed by atoms with Gasteiger partial charge in [-0.2, -0.15) is 0 Å². The van der Waals surface area contributed by atoms with E-state index in [0.29, 0.717) is 13.0 Å². The number of hydrogen-bond acceptors (Lipinski definition) is 5. The maximum Gasteiger partial charge on any atom is 0.325 e. The van der Waals surface area contributed by atoms with Crippen LogP contribution in [-0.2, 0) is 14.8 Å². The van der Waals surface area contributed by atoms with Crippen LogP contribution in [0.3, 0.4) is 0 Å². The Morgan fingerprint density at radius 1 is 1.25 bits per heavy atom. The topological polar surface area (TPSA) is 121 Å². The highest BCUT2D eigenvalue weighted by atomic mass is 32.2. The Morgan fingerprint density at radius 3 is 2.45 bits per heavy atom. The van der Waals surface area contributed by atoms with Gasteiger partial charge in [-0.3, -0.25) is 9.78 Å². The Balaban J connectivity index is 2.76. The summed E-state index contributed by atoms with van der Waals surface area (Å²) in [7, 11) is -3.96. The molecular weight excluding hydrogens is 286 g/mol. The van der Waals surface area contributed by atoms with Crippen molar-refractivity contribution in [1.82, 2.24) is 14.7 Å². The van der Waals surface area contributed by atoms with Crippen LogP contribution in [0.5, 0.6) is 0 Å². The molecule has 20 heavy (non-hydrogen) atoms. The zero-order chi connectivity index (χ0) is 15.3. The SMILES string of the molecule is Cc1[nH]c(=O)[nH]c(=O)c1S(=O)(=O)NCCCOC(C)C. The second kappa shape index (κ2) is 6.82. The summed E-state index contributed by atoms with van der Waals surface area (Å²) in [4.78, 5) is 26.2. The van der Waals surface area contributed by atoms with E-state index < -0.39 is 26.2 Å². The molecule has 0 atom stereocenters. The van der Waals surface area contributed by atoms with Crippen LogP contribution in [-0.4, -0.2) is 37.6 Å². The molecule has 0 aliphatic rings. The second-order valence-corrected chi connectivity index (χ2v) is 6.24. The molecule has 0 amide bonds. The van der Waals surface area contributed by atoms with E-state index in [-0.39, 0.29) is 18.3 Å². The first-order valence-electron chi connectivity index (χ1n) is 6.18. The number of hydrogen-bond donors (Lipinski definition) is 3. The first-order chi connectivity index (χ1) is 9.24. The molecule has 0 bridgehead atoms. The minimum absolute atomic E-state index is 0.00433. The Bertz CT molecular complexity index is 659. The normalized spacial score (nSPS) is 12.0. The molecule has 1 aromatic heterocycles. The Hall–Kier alpha value is -1.45. The van der Waals surface area contributed by atoms with Crippen molar-refractivity contribution in [3.05, 3.63) is 26.5 Å². The van der Waals surface area contributed by atoms with Crippen molar-refractivity contribution in [2.45, 2.75) is 38.2 Å². The fourth-order valence-corrected chi connectivity index (χ4v) is 2.89. The van der Waals surface area contributed by atoms with Crippen LogP contribution >= 0.6 is 0 Å². The number of aromatic amines is 2. The van der Waals surface area contributed by atoms with Gasteiger partial charge in [-0.25, -0.2) is 17.9 Å². The summed E-state index contributed by atoms with van der Waals surface area (Å²) in [6.45, 7) is 5.68. The average Bonchev–Trinajstić information content (AvgIpc) is 2.25. The van der Waals surface area contributed by atoms with Crippen LogP contribution in [0.4, 0.5) is 0 Å². The standard InChI is InChI=1S/C11H19N3O5S/c1-7(2)19-6-4-5-12-20(17,18)9-8(3)13-11(16)14-10(9)15/h7,12H,4-6H2,1-3H3,(H2,13,14,15,16). The minimum atomic E-state index is -3.96. The molecule has 1 aromatic rings. The third kappa shape index (κ3) is 4.58. The highest BCUT2D eigenvalue weighted by Crippen LogP contribution is 2.04. The summed E-state index contributed by atoms with van der Waals surface area (Å²) in [6.07, 6.45) is 0.563. The van der Waals surface area contributed by atoms with Gasteiger partial charge in [0.2, 0.25) is 10.0 Å². The lowest BCUT2D eigenvalue weighted by molar-refractivity contribution is 0.0778. The van der Waals surface area contributed by atoms with E-state index in [1.54, 1.807) is 0 Å². The van der Waals surface area contributed by atoms with Gasteiger partial charge in [0.25, 0.3) is 5.56 Å². The lowest BCUT2D eigenvalue weighted by atomic mass is 10.4. The third-order valence-corrected chi connectivity index (χ3v) is 4.02. The highest BCUT2D eigenvalue weighted by molar-refractivity contribution is 7.89. The molecule has 0 radical (unpaired) electrons. The van der Waals surface area contributed by atoms with E-state index >= 15 is 0 Å². The Kier molecular flexibility index (Phi) is 5.66. The number of nitrogens with one attached hydrogen (secondary N) is 3. The molecule has 0 spiro atoms. The first-order valence-corrected chi connectivity index (χ1v) is 7.67. The molecular formula is C11H19N3O5S. The lowest BCUT2D eigenvalue weighted by Gasteiger charge is -2.09. The molecule has 1 heterocycles. The molecule has 0 aliphatic carbocycles. The van der Waals surface area contributed by atoms with Crippen LogP contribution in [0, 0.1) is 6.92 Å². The van der Waals surface area contributed by atoms with Crippen LogP contribution in [0.2, 0.25) is 0 Å². The molecule has 0 fully saturated rings. The lowest BCUT2D eigenvalue weighted by Crippen LogP contribution is -2.35. The van der Waals surface area contributed by atoms with Crippen molar-refractivity contribution in [2.24, 2.45) is 0 Å². The molecule has 1 rings (SSSR count). The van der Waals surface area contributed by atoms with E-state index in [2.05, 4.69) is 9.71 Å². The maximum absolute atomic E-state index is 12.0. The van der Waals surface area contributed by atoms with Crippen LogP contribution in [0.1, 0.15) is 26.0 Å². The Morgan fingerprint density at radius 2 is 1.90 bits per heavy atom. The predicted octanol–water partition coefficient (Wildman–Crippen LogP) is -0.535. The number of rotatable bonds is 7. The van der Waals surface area contributed by atoms with Gasteiger partial charge < -0.3 is 9.72 Å². The minimum Gasteiger partial charge on any atom is -0.379 e. The number of H-pyrrole nitrogens is 2. The Labute approximate surface area is 116 Å². The van der Waals surface area contributed by atoms with Crippen molar-refractivity contribution in [3.63, 3.8) is 0 Å². The van der Waals surface area contributed by atoms with E-state index in [1.165, 1.54) is 6.92 Å². The van der Waals surface area contributed by atoms with Crippen molar-refractivity contribution < 1.29 is 13.2 Å². The zero-order valence-corrected chi connectivity index (χ0v) is 12.5. The van der Waals surface area contributed by atoms with Gasteiger partial charge in [0.1, 0.15) is 0 Å². The first kappa shape index (κ1) is 16.6.